The fourth-order valence-electron chi connectivity index (χ4n) is 4.45. The van der Waals surface area contributed by atoms with Gasteiger partial charge in [-0.25, -0.2) is 9.50 Å². The van der Waals surface area contributed by atoms with Crippen LogP contribution in [0.25, 0.3) is 16.7 Å². The van der Waals surface area contributed by atoms with Crippen molar-refractivity contribution < 1.29 is 14.6 Å². The fourth-order valence-corrected chi connectivity index (χ4v) is 4.75. The monoisotopic (exact) mass is 523 g/mol. The molecule has 0 spiro atoms. The average Bonchev–Trinajstić information content (AvgIpc) is 3.63. The molecule has 192 valence electrons. The normalized spacial score (nSPS) is 18.2. The first-order valence-electron chi connectivity index (χ1n) is 11.8. The van der Waals surface area contributed by atoms with E-state index < -0.39 is 6.10 Å². The predicted molar refractivity (Wildman–Crippen MR) is 137 cm³/mol. The van der Waals surface area contributed by atoms with Gasteiger partial charge in [0, 0.05) is 36.6 Å². The number of aromatic nitrogens is 8. The first-order valence-corrected chi connectivity index (χ1v) is 12.2. The molecule has 0 amide bonds. The summed E-state index contributed by atoms with van der Waals surface area (Å²) < 4.78 is 16.8. The van der Waals surface area contributed by atoms with E-state index in [9.17, 15) is 5.11 Å². The molecule has 5 aromatic rings. The van der Waals surface area contributed by atoms with E-state index in [4.69, 9.17) is 26.2 Å². The van der Waals surface area contributed by atoms with Crippen LogP contribution in [0.5, 0.6) is 11.5 Å². The number of nitrogens with one attached hydrogen (secondary N) is 1. The summed E-state index contributed by atoms with van der Waals surface area (Å²) in [6.45, 7) is 7.01. The number of imidazole rings is 1. The number of aliphatic hydroxyl groups excluding tert-OH is 1. The highest BCUT2D eigenvalue weighted by atomic mass is 35.5. The van der Waals surface area contributed by atoms with Crippen LogP contribution >= 0.6 is 11.6 Å². The highest BCUT2D eigenvalue weighted by molar-refractivity contribution is 6.36. The number of pyridine rings is 1. The minimum atomic E-state index is -0.616. The zero-order valence-electron chi connectivity index (χ0n) is 20.8. The number of hydrogen-bond donors (Lipinski definition) is 2. The van der Waals surface area contributed by atoms with Gasteiger partial charge in [0.05, 0.1) is 31.8 Å². The van der Waals surface area contributed by atoms with E-state index in [1.807, 2.05) is 17.8 Å². The molecule has 5 aromatic heterocycles. The van der Waals surface area contributed by atoms with E-state index >= 15 is 0 Å². The maximum atomic E-state index is 10.4. The Kier molecular flexibility index (Phi) is 5.55. The lowest BCUT2D eigenvalue weighted by molar-refractivity contribution is 0.117. The topological polar surface area (TPSA) is 129 Å². The number of aryl methyl sites for hydroxylation is 1. The maximum Gasteiger partial charge on any atom is 0.210 e. The Hall–Kier alpha value is -3.74. The molecule has 2 atom stereocenters. The quantitative estimate of drug-likeness (QED) is 0.354. The maximum absolute atomic E-state index is 10.4. The van der Waals surface area contributed by atoms with E-state index in [2.05, 4.69) is 46.1 Å². The van der Waals surface area contributed by atoms with Crippen LogP contribution in [0.3, 0.4) is 0 Å². The van der Waals surface area contributed by atoms with Crippen molar-refractivity contribution in [2.75, 3.05) is 18.5 Å². The van der Waals surface area contributed by atoms with Crippen molar-refractivity contribution in [1.82, 2.24) is 38.9 Å². The molecule has 1 aliphatic rings. The van der Waals surface area contributed by atoms with Gasteiger partial charge in [0.15, 0.2) is 23.0 Å². The zero-order valence-corrected chi connectivity index (χ0v) is 21.5. The molecule has 6 heterocycles. The molecule has 12 nitrogen and oxygen atoms in total. The molecule has 2 unspecified atom stereocenters. The molecule has 1 saturated heterocycles. The molecule has 0 saturated carbocycles. The van der Waals surface area contributed by atoms with Gasteiger partial charge in [-0.05, 0) is 0 Å². The van der Waals surface area contributed by atoms with Crippen molar-refractivity contribution in [3.05, 3.63) is 47.8 Å². The van der Waals surface area contributed by atoms with Crippen LogP contribution in [-0.2, 0) is 17.2 Å². The van der Waals surface area contributed by atoms with E-state index in [0.29, 0.717) is 58.2 Å². The molecule has 0 aromatic carbocycles. The molecular formula is C24H26ClN9O3. The van der Waals surface area contributed by atoms with Gasteiger partial charge in [0.2, 0.25) is 5.95 Å². The number of nitrogens with zero attached hydrogens (tertiary/aromatic N) is 8. The summed E-state index contributed by atoms with van der Waals surface area (Å²) in [7, 11) is 1.84. The number of halogens is 1. The molecule has 0 aliphatic carbocycles. The van der Waals surface area contributed by atoms with Gasteiger partial charge in [0.25, 0.3) is 0 Å². The largest absolute Gasteiger partial charge is 0.450 e. The highest BCUT2D eigenvalue weighted by Gasteiger charge is 2.33. The van der Waals surface area contributed by atoms with Crippen molar-refractivity contribution in [2.45, 2.75) is 38.3 Å². The second kappa shape index (κ2) is 8.68. The summed E-state index contributed by atoms with van der Waals surface area (Å²) in [5, 5.41) is 23.1. The standard InChI is InChI=1S/C24H26ClN9O3/c1-24(2,3)18-7-19(31-34(18)14-11-36-12-15(14)35)29-23-30-22-21(32(23)4)20(25)17(9-27-22)37-16-10-28-33-6-5-26-8-13(16)33/h5-10,14-15,35H,11-12H2,1-4H3,(H,27,29,30,31). The summed E-state index contributed by atoms with van der Waals surface area (Å²) in [4.78, 5) is 13.2. The van der Waals surface area contributed by atoms with Crippen LogP contribution < -0.4 is 10.1 Å². The van der Waals surface area contributed by atoms with Crippen molar-refractivity contribution in [3.63, 3.8) is 0 Å². The summed E-state index contributed by atoms with van der Waals surface area (Å²) >= 11 is 6.76. The van der Waals surface area contributed by atoms with E-state index in [0.717, 1.165) is 5.69 Å². The summed E-state index contributed by atoms with van der Waals surface area (Å²) in [5.74, 6) is 1.98. The number of hydrogen-bond acceptors (Lipinski definition) is 9. The Balaban J connectivity index is 1.34. The van der Waals surface area contributed by atoms with Gasteiger partial charge >= 0.3 is 0 Å². The molecule has 13 heteroatoms. The fraction of sp³-hybridized carbons (Fsp3) is 0.375. The zero-order chi connectivity index (χ0) is 25.9. The number of rotatable bonds is 5. The van der Waals surface area contributed by atoms with Crippen LogP contribution in [-0.4, -0.2) is 63.3 Å². The molecule has 6 rings (SSSR count). The van der Waals surface area contributed by atoms with Gasteiger partial charge in [0.1, 0.15) is 28.2 Å². The molecule has 0 radical (unpaired) electrons. The number of aliphatic hydroxyl groups is 1. The van der Waals surface area contributed by atoms with E-state index in [1.165, 1.54) is 6.20 Å². The summed E-state index contributed by atoms with van der Waals surface area (Å²) in [6, 6.07) is 1.71. The molecule has 0 bridgehead atoms. The first-order chi connectivity index (χ1) is 17.7. The van der Waals surface area contributed by atoms with Gasteiger partial charge < -0.3 is 24.5 Å². The smallest absolute Gasteiger partial charge is 0.210 e. The molecule has 1 aliphatic heterocycles. The minimum absolute atomic E-state index is 0.202. The van der Waals surface area contributed by atoms with Crippen LogP contribution in [0.2, 0.25) is 5.02 Å². The third-order valence-electron chi connectivity index (χ3n) is 6.39. The lowest BCUT2D eigenvalue weighted by Crippen LogP contribution is -2.28. The van der Waals surface area contributed by atoms with Crippen LogP contribution in [0.4, 0.5) is 11.8 Å². The van der Waals surface area contributed by atoms with E-state index in [-0.39, 0.29) is 11.5 Å². The lowest BCUT2D eigenvalue weighted by Gasteiger charge is -2.24. The van der Waals surface area contributed by atoms with Gasteiger partial charge in [-0.2, -0.15) is 15.2 Å². The Bertz CT molecular complexity index is 1620. The number of anilines is 2. The Morgan fingerprint density at radius 3 is 2.78 bits per heavy atom. The Morgan fingerprint density at radius 1 is 1.19 bits per heavy atom. The second-order valence-electron chi connectivity index (χ2n) is 10.0. The van der Waals surface area contributed by atoms with Crippen molar-refractivity contribution >= 4 is 40.0 Å². The molecule has 2 N–H and O–H groups in total. The molecule has 1 fully saturated rings. The molecular weight excluding hydrogens is 498 g/mol. The Labute approximate surface area is 216 Å². The third kappa shape index (κ3) is 4.06. The summed E-state index contributed by atoms with van der Waals surface area (Å²) in [6.07, 6.45) is 7.56. The summed E-state index contributed by atoms with van der Waals surface area (Å²) in [5.41, 5.74) is 2.53. The van der Waals surface area contributed by atoms with Crippen molar-refractivity contribution in [2.24, 2.45) is 7.05 Å². The Morgan fingerprint density at radius 2 is 2.03 bits per heavy atom. The number of ether oxygens (including phenoxy) is 2. The molecule has 37 heavy (non-hydrogen) atoms. The lowest BCUT2D eigenvalue weighted by atomic mass is 9.91. The first kappa shape index (κ1) is 23.6. The average molecular weight is 524 g/mol. The SMILES string of the molecule is Cn1c(Nc2cc(C(C)(C)C)n(C3COCC3O)n2)nc2ncc(Oc3cnn4ccncc34)c(Cl)c21. The van der Waals surface area contributed by atoms with Gasteiger partial charge in [-0.3, -0.25) is 9.67 Å². The van der Waals surface area contributed by atoms with Gasteiger partial charge in [-0.1, -0.05) is 32.4 Å². The van der Waals surface area contributed by atoms with Gasteiger partial charge in [-0.15, -0.1) is 0 Å². The predicted octanol–water partition coefficient (Wildman–Crippen LogP) is 3.63. The van der Waals surface area contributed by atoms with Crippen LogP contribution in [0.1, 0.15) is 32.5 Å². The van der Waals surface area contributed by atoms with Crippen molar-refractivity contribution in [1.29, 1.82) is 0 Å². The third-order valence-corrected chi connectivity index (χ3v) is 6.76. The van der Waals surface area contributed by atoms with Crippen molar-refractivity contribution in [3.8, 4) is 11.5 Å². The minimum Gasteiger partial charge on any atom is -0.450 e. The van der Waals surface area contributed by atoms with Crippen LogP contribution in [0.15, 0.2) is 37.1 Å². The van der Waals surface area contributed by atoms with Crippen LogP contribution in [0, 0.1) is 0 Å². The highest BCUT2D eigenvalue weighted by Crippen LogP contribution is 2.37. The van der Waals surface area contributed by atoms with E-state index in [1.54, 1.807) is 33.9 Å². The second-order valence-corrected chi connectivity index (χ2v) is 10.4. The number of fused-ring (bicyclic) bond motifs is 2.